The minimum absolute atomic E-state index is 0.0537. The van der Waals surface area contributed by atoms with Crippen LogP contribution in [0.1, 0.15) is 26.2 Å². The van der Waals surface area contributed by atoms with Gasteiger partial charge in [-0.2, -0.15) is 0 Å². The highest BCUT2D eigenvalue weighted by atomic mass is 35.5. The van der Waals surface area contributed by atoms with Crippen LogP contribution in [0.15, 0.2) is 24.4 Å². The number of ether oxygens (including phenoxy) is 2. The number of fused-ring (bicyclic) bond motifs is 3. The van der Waals surface area contributed by atoms with E-state index in [4.69, 9.17) is 32.7 Å². The van der Waals surface area contributed by atoms with Crippen molar-refractivity contribution >= 4 is 56.9 Å². The average molecular weight is 405 g/mol. The summed E-state index contributed by atoms with van der Waals surface area (Å²) in [5.74, 6) is -1.38. The zero-order valence-electron chi connectivity index (χ0n) is 14.3. The van der Waals surface area contributed by atoms with Crippen molar-refractivity contribution in [3.8, 4) is 11.6 Å². The van der Waals surface area contributed by atoms with Crippen molar-refractivity contribution in [2.45, 2.75) is 26.2 Å². The predicted octanol–water partition coefficient (Wildman–Crippen LogP) is 4.72. The Morgan fingerprint density at radius 2 is 2.00 bits per heavy atom. The minimum Gasteiger partial charge on any atom is -0.419 e. The van der Waals surface area contributed by atoms with Crippen LogP contribution in [0.25, 0.3) is 21.8 Å². The van der Waals surface area contributed by atoms with Gasteiger partial charge in [0, 0.05) is 23.4 Å². The first kappa shape index (κ1) is 17.9. The quantitative estimate of drug-likeness (QED) is 0.462. The Morgan fingerprint density at radius 1 is 1.22 bits per heavy atom. The number of benzene rings is 1. The maximum atomic E-state index is 12.2. The summed E-state index contributed by atoms with van der Waals surface area (Å²) in [6, 6.07) is 5.32. The molecule has 1 saturated carbocycles. The molecule has 138 valence electrons. The molecule has 1 fully saturated rings. The zero-order valence-corrected chi connectivity index (χ0v) is 15.8. The first-order valence-electron chi connectivity index (χ1n) is 8.48. The molecule has 0 saturated heterocycles. The van der Waals surface area contributed by atoms with Crippen molar-refractivity contribution in [1.82, 2.24) is 9.97 Å². The van der Waals surface area contributed by atoms with E-state index in [0.29, 0.717) is 21.4 Å². The van der Waals surface area contributed by atoms with Crippen LogP contribution < -0.4 is 9.47 Å². The molecule has 0 amide bonds. The van der Waals surface area contributed by atoms with Gasteiger partial charge in [-0.15, -0.1) is 0 Å². The fraction of sp³-hybridized carbons (Fsp3) is 0.263. The van der Waals surface area contributed by atoms with Crippen LogP contribution in [-0.2, 0) is 9.59 Å². The van der Waals surface area contributed by atoms with E-state index in [1.54, 1.807) is 25.3 Å². The molecule has 2 heterocycles. The SMILES string of the molecule is CCC(=O)Oc1c(OC(=O)C2CC2)nc2c(c(Cl)cc3cccnc32)c1Cl. The van der Waals surface area contributed by atoms with Gasteiger partial charge >= 0.3 is 11.9 Å². The summed E-state index contributed by atoms with van der Waals surface area (Å²) >= 11 is 12.9. The average Bonchev–Trinajstić information content (AvgIpc) is 3.49. The summed E-state index contributed by atoms with van der Waals surface area (Å²) in [6.07, 6.45) is 3.27. The molecule has 0 bridgehead atoms. The molecule has 0 N–H and O–H groups in total. The molecule has 3 aromatic rings. The second-order valence-electron chi connectivity index (χ2n) is 6.24. The Hall–Kier alpha value is -2.44. The molecule has 8 heteroatoms. The van der Waals surface area contributed by atoms with Crippen LogP contribution in [0, 0.1) is 5.92 Å². The number of pyridine rings is 2. The number of halogens is 2. The van der Waals surface area contributed by atoms with E-state index in [9.17, 15) is 9.59 Å². The van der Waals surface area contributed by atoms with Gasteiger partial charge in [0.15, 0.2) is 0 Å². The van der Waals surface area contributed by atoms with E-state index < -0.39 is 11.9 Å². The molecular weight excluding hydrogens is 391 g/mol. The smallest absolute Gasteiger partial charge is 0.315 e. The van der Waals surface area contributed by atoms with E-state index in [1.807, 2.05) is 6.07 Å². The Kier molecular flexibility index (Phi) is 4.61. The van der Waals surface area contributed by atoms with Gasteiger partial charge in [0.05, 0.1) is 16.5 Å². The van der Waals surface area contributed by atoms with Gasteiger partial charge in [-0.3, -0.25) is 14.6 Å². The second-order valence-corrected chi connectivity index (χ2v) is 7.03. The van der Waals surface area contributed by atoms with Gasteiger partial charge in [-0.1, -0.05) is 36.2 Å². The first-order chi connectivity index (χ1) is 13.0. The lowest BCUT2D eigenvalue weighted by Crippen LogP contribution is -2.14. The normalized spacial score (nSPS) is 13.7. The van der Waals surface area contributed by atoms with Crippen molar-refractivity contribution in [3.63, 3.8) is 0 Å². The summed E-state index contributed by atoms with van der Waals surface area (Å²) in [7, 11) is 0. The van der Waals surface area contributed by atoms with Crippen molar-refractivity contribution in [2.24, 2.45) is 5.92 Å². The minimum atomic E-state index is -0.531. The number of carbonyl (C=O) groups is 2. The van der Waals surface area contributed by atoms with Crippen LogP contribution >= 0.6 is 23.2 Å². The molecule has 6 nitrogen and oxygen atoms in total. The Labute approximate surface area is 164 Å². The first-order valence-corrected chi connectivity index (χ1v) is 9.24. The molecule has 1 aliphatic carbocycles. The fourth-order valence-corrected chi connectivity index (χ4v) is 3.35. The largest absolute Gasteiger partial charge is 0.419 e. The van der Waals surface area contributed by atoms with E-state index in [-0.39, 0.29) is 29.0 Å². The Balaban J connectivity index is 1.98. The third-order valence-corrected chi connectivity index (χ3v) is 4.92. The molecule has 0 aliphatic heterocycles. The van der Waals surface area contributed by atoms with Crippen LogP contribution in [0.4, 0.5) is 0 Å². The molecule has 0 atom stereocenters. The molecule has 1 aliphatic rings. The number of hydrogen-bond donors (Lipinski definition) is 0. The summed E-state index contributed by atoms with van der Waals surface area (Å²) in [5.41, 5.74) is 0.925. The second kappa shape index (κ2) is 6.94. The van der Waals surface area contributed by atoms with E-state index in [2.05, 4.69) is 9.97 Å². The number of nitrogens with zero attached hydrogens (tertiary/aromatic N) is 2. The molecule has 2 aromatic heterocycles. The third-order valence-electron chi connectivity index (χ3n) is 4.26. The molecule has 0 spiro atoms. The molecule has 1 aromatic carbocycles. The highest BCUT2D eigenvalue weighted by Crippen LogP contribution is 2.44. The highest BCUT2D eigenvalue weighted by molar-refractivity contribution is 6.44. The topological polar surface area (TPSA) is 78.4 Å². The number of rotatable bonds is 4. The monoisotopic (exact) mass is 404 g/mol. The summed E-state index contributed by atoms with van der Waals surface area (Å²) in [6.45, 7) is 1.64. The van der Waals surface area contributed by atoms with E-state index >= 15 is 0 Å². The lowest BCUT2D eigenvalue weighted by Gasteiger charge is -2.14. The van der Waals surface area contributed by atoms with Crippen LogP contribution in [0.5, 0.6) is 11.6 Å². The molecule has 0 radical (unpaired) electrons. The van der Waals surface area contributed by atoms with Gasteiger partial charge < -0.3 is 9.47 Å². The fourth-order valence-electron chi connectivity index (χ4n) is 2.69. The van der Waals surface area contributed by atoms with Crippen molar-refractivity contribution < 1.29 is 19.1 Å². The van der Waals surface area contributed by atoms with Crippen LogP contribution in [0.2, 0.25) is 10.0 Å². The summed E-state index contributed by atoms with van der Waals surface area (Å²) in [5, 5.41) is 1.53. The highest BCUT2D eigenvalue weighted by Gasteiger charge is 2.33. The molecule has 4 rings (SSSR count). The Bertz CT molecular complexity index is 1100. The maximum Gasteiger partial charge on any atom is 0.315 e. The zero-order chi connectivity index (χ0) is 19.1. The summed E-state index contributed by atoms with van der Waals surface area (Å²) < 4.78 is 10.7. The lowest BCUT2D eigenvalue weighted by molar-refractivity contribution is -0.138. The maximum absolute atomic E-state index is 12.2. The van der Waals surface area contributed by atoms with Crippen LogP contribution in [-0.4, -0.2) is 21.9 Å². The van der Waals surface area contributed by atoms with Gasteiger partial charge in [-0.05, 0) is 25.0 Å². The van der Waals surface area contributed by atoms with Gasteiger partial charge in [0.25, 0.3) is 5.88 Å². The van der Waals surface area contributed by atoms with Gasteiger partial charge in [0.2, 0.25) is 5.75 Å². The number of carbonyl (C=O) groups excluding carboxylic acids is 2. The molecule has 0 unspecified atom stereocenters. The van der Waals surface area contributed by atoms with Crippen molar-refractivity contribution in [2.75, 3.05) is 0 Å². The molecule has 27 heavy (non-hydrogen) atoms. The van der Waals surface area contributed by atoms with Gasteiger partial charge in [0.1, 0.15) is 10.5 Å². The standard InChI is InChI=1S/C19H14Cl2N2O4/c1-2-12(24)26-17-14(21)13-11(20)8-10-4-3-7-22-15(10)16(13)23-18(17)27-19(25)9-5-6-9/h3-4,7-9H,2,5-6H2,1H3. The number of esters is 2. The van der Waals surface area contributed by atoms with E-state index in [1.165, 1.54) is 0 Å². The molecular formula is C19H14Cl2N2O4. The van der Waals surface area contributed by atoms with Crippen molar-refractivity contribution in [1.29, 1.82) is 0 Å². The number of aromatic nitrogens is 2. The Morgan fingerprint density at radius 3 is 2.70 bits per heavy atom. The number of hydrogen-bond acceptors (Lipinski definition) is 6. The third kappa shape index (κ3) is 3.31. The van der Waals surface area contributed by atoms with Crippen molar-refractivity contribution in [3.05, 3.63) is 34.4 Å². The lowest BCUT2D eigenvalue weighted by atomic mass is 10.1. The van der Waals surface area contributed by atoms with Gasteiger partial charge in [-0.25, -0.2) is 4.98 Å². The van der Waals surface area contributed by atoms with E-state index in [0.717, 1.165) is 18.2 Å². The predicted molar refractivity (Wildman–Crippen MR) is 101 cm³/mol. The summed E-state index contributed by atoms with van der Waals surface area (Å²) in [4.78, 5) is 32.8. The van der Waals surface area contributed by atoms with Crippen LogP contribution in [0.3, 0.4) is 0 Å².